The molecule has 0 atom stereocenters. The molecule has 0 aromatic heterocycles. The minimum atomic E-state index is 0.225. The quantitative estimate of drug-likeness (QED) is 0.566. The molecule has 11 heavy (non-hydrogen) atoms. The number of rotatable bonds is 5. The van der Waals surface area contributed by atoms with Gasteiger partial charge in [-0.1, -0.05) is 6.92 Å². The van der Waals surface area contributed by atoms with Gasteiger partial charge in [-0.15, -0.1) is 0 Å². The number of hydrogen-bond donors (Lipinski definition) is 0. The number of carbonyl (C=O) groups is 1. The summed E-state index contributed by atoms with van der Waals surface area (Å²) < 4.78 is 0. The van der Waals surface area contributed by atoms with Crippen molar-refractivity contribution >= 4 is 6.29 Å². The molecule has 0 saturated carbocycles. The Labute approximate surface area is 69.6 Å². The smallest absolute Gasteiger partial charge is 0.121 e. The standard InChI is InChI=1S/C9H19NO/c1-5-9(2,3)10(4)7-6-8-11/h8H,5-7H2,1-4H3. The highest BCUT2D eigenvalue weighted by molar-refractivity contribution is 5.49. The maximum Gasteiger partial charge on any atom is 0.121 e. The van der Waals surface area contributed by atoms with Gasteiger partial charge in [-0.05, 0) is 27.3 Å². The van der Waals surface area contributed by atoms with Gasteiger partial charge in [0.15, 0.2) is 0 Å². The third kappa shape index (κ3) is 3.51. The molecular weight excluding hydrogens is 138 g/mol. The molecule has 0 rings (SSSR count). The summed E-state index contributed by atoms with van der Waals surface area (Å²) in [6, 6.07) is 0. The van der Waals surface area contributed by atoms with Crippen molar-refractivity contribution in [2.45, 2.75) is 39.2 Å². The van der Waals surface area contributed by atoms with Crippen LogP contribution < -0.4 is 0 Å². The number of aldehydes is 1. The topological polar surface area (TPSA) is 20.3 Å². The lowest BCUT2D eigenvalue weighted by atomic mass is 10.00. The van der Waals surface area contributed by atoms with E-state index in [2.05, 4.69) is 32.7 Å². The van der Waals surface area contributed by atoms with Crippen molar-refractivity contribution < 1.29 is 4.79 Å². The van der Waals surface area contributed by atoms with Crippen molar-refractivity contribution in [2.75, 3.05) is 13.6 Å². The summed E-state index contributed by atoms with van der Waals surface area (Å²) >= 11 is 0. The SMILES string of the molecule is CCC(C)(C)N(C)CCC=O. The van der Waals surface area contributed by atoms with Gasteiger partial charge in [0, 0.05) is 18.5 Å². The van der Waals surface area contributed by atoms with E-state index in [1.165, 1.54) is 0 Å². The van der Waals surface area contributed by atoms with Crippen LogP contribution in [-0.2, 0) is 4.79 Å². The minimum absolute atomic E-state index is 0.225. The fourth-order valence-corrected chi connectivity index (χ4v) is 0.819. The van der Waals surface area contributed by atoms with E-state index >= 15 is 0 Å². The van der Waals surface area contributed by atoms with Gasteiger partial charge in [0.25, 0.3) is 0 Å². The van der Waals surface area contributed by atoms with Gasteiger partial charge in [0.05, 0.1) is 0 Å². The van der Waals surface area contributed by atoms with Crippen LogP contribution in [-0.4, -0.2) is 30.3 Å². The molecule has 0 saturated heterocycles. The molecule has 0 aliphatic heterocycles. The molecule has 0 aromatic carbocycles. The lowest BCUT2D eigenvalue weighted by Gasteiger charge is -2.34. The molecule has 66 valence electrons. The monoisotopic (exact) mass is 157 g/mol. The first-order valence-corrected chi connectivity index (χ1v) is 4.19. The second-order valence-electron chi connectivity index (χ2n) is 3.54. The van der Waals surface area contributed by atoms with Crippen LogP contribution in [0.5, 0.6) is 0 Å². The molecule has 0 bridgehead atoms. The van der Waals surface area contributed by atoms with E-state index in [9.17, 15) is 4.79 Å². The van der Waals surface area contributed by atoms with E-state index in [1.807, 2.05) is 0 Å². The molecular formula is C9H19NO. The summed E-state index contributed by atoms with van der Waals surface area (Å²) in [5.74, 6) is 0. The molecule has 0 unspecified atom stereocenters. The lowest BCUT2D eigenvalue weighted by molar-refractivity contribution is -0.108. The Morgan fingerprint density at radius 1 is 1.45 bits per heavy atom. The predicted octanol–water partition coefficient (Wildman–Crippen LogP) is 1.70. The van der Waals surface area contributed by atoms with Crippen molar-refractivity contribution in [3.8, 4) is 0 Å². The molecule has 0 aromatic rings. The zero-order valence-electron chi connectivity index (χ0n) is 8.05. The normalized spacial score (nSPS) is 12.1. The van der Waals surface area contributed by atoms with Crippen molar-refractivity contribution in [1.82, 2.24) is 4.90 Å². The van der Waals surface area contributed by atoms with Gasteiger partial charge < -0.3 is 9.69 Å². The van der Waals surface area contributed by atoms with Crippen LogP contribution in [0.2, 0.25) is 0 Å². The molecule has 0 aliphatic rings. The fourth-order valence-electron chi connectivity index (χ4n) is 0.819. The highest BCUT2D eigenvalue weighted by Crippen LogP contribution is 2.15. The Morgan fingerprint density at radius 2 is 2.00 bits per heavy atom. The third-order valence-electron chi connectivity index (χ3n) is 2.48. The predicted molar refractivity (Wildman–Crippen MR) is 47.7 cm³/mol. The van der Waals surface area contributed by atoms with E-state index in [4.69, 9.17) is 0 Å². The zero-order chi connectivity index (χ0) is 8.91. The number of hydrogen-bond acceptors (Lipinski definition) is 2. The number of nitrogens with zero attached hydrogens (tertiary/aromatic N) is 1. The van der Waals surface area contributed by atoms with Crippen LogP contribution in [0.15, 0.2) is 0 Å². The molecule has 0 amide bonds. The van der Waals surface area contributed by atoms with Crippen LogP contribution in [0.3, 0.4) is 0 Å². The Hall–Kier alpha value is -0.370. The van der Waals surface area contributed by atoms with Crippen LogP contribution in [0.4, 0.5) is 0 Å². The van der Waals surface area contributed by atoms with Crippen LogP contribution >= 0.6 is 0 Å². The van der Waals surface area contributed by atoms with Gasteiger partial charge in [-0.2, -0.15) is 0 Å². The molecule has 2 heteroatoms. The van der Waals surface area contributed by atoms with E-state index in [0.29, 0.717) is 6.42 Å². The zero-order valence-corrected chi connectivity index (χ0v) is 8.05. The Balaban J connectivity index is 3.80. The lowest BCUT2D eigenvalue weighted by Crippen LogP contribution is -2.41. The van der Waals surface area contributed by atoms with Gasteiger partial charge in [0.2, 0.25) is 0 Å². The first kappa shape index (κ1) is 10.6. The molecule has 0 radical (unpaired) electrons. The van der Waals surface area contributed by atoms with E-state index < -0.39 is 0 Å². The highest BCUT2D eigenvalue weighted by atomic mass is 16.1. The van der Waals surface area contributed by atoms with Crippen LogP contribution in [0.1, 0.15) is 33.6 Å². The highest BCUT2D eigenvalue weighted by Gasteiger charge is 2.19. The average molecular weight is 157 g/mol. The van der Waals surface area contributed by atoms with Gasteiger partial charge in [-0.3, -0.25) is 0 Å². The summed E-state index contributed by atoms with van der Waals surface area (Å²) in [5, 5.41) is 0. The maximum absolute atomic E-state index is 10.1. The van der Waals surface area contributed by atoms with Crippen molar-refractivity contribution in [1.29, 1.82) is 0 Å². The summed E-state index contributed by atoms with van der Waals surface area (Å²) in [6.45, 7) is 7.41. The summed E-state index contributed by atoms with van der Waals surface area (Å²) in [5.41, 5.74) is 0.225. The second kappa shape index (κ2) is 4.50. The van der Waals surface area contributed by atoms with Crippen LogP contribution in [0.25, 0.3) is 0 Å². The Morgan fingerprint density at radius 3 is 2.36 bits per heavy atom. The van der Waals surface area contributed by atoms with Crippen LogP contribution in [0, 0.1) is 0 Å². The first-order chi connectivity index (χ1) is 5.04. The molecule has 0 aliphatic carbocycles. The van der Waals surface area contributed by atoms with Gasteiger partial charge in [0.1, 0.15) is 6.29 Å². The van der Waals surface area contributed by atoms with Crippen molar-refractivity contribution in [2.24, 2.45) is 0 Å². The maximum atomic E-state index is 10.1. The largest absolute Gasteiger partial charge is 0.303 e. The average Bonchev–Trinajstić information content (AvgIpc) is 2.00. The molecule has 0 N–H and O–H groups in total. The fraction of sp³-hybridized carbons (Fsp3) is 0.889. The van der Waals surface area contributed by atoms with Gasteiger partial charge in [-0.25, -0.2) is 0 Å². The third-order valence-corrected chi connectivity index (χ3v) is 2.48. The summed E-state index contributed by atoms with van der Waals surface area (Å²) in [7, 11) is 2.06. The Kier molecular flexibility index (Phi) is 4.34. The second-order valence-corrected chi connectivity index (χ2v) is 3.54. The number of carbonyl (C=O) groups excluding carboxylic acids is 1. The molecule has 2 nitrogen and oxygen atoms in total. The first-order valence-electron chi connectivity index (χ1n) is 4.19. The van der Waals surface area contributed by atoms with E-state index in [-0.39, 0.29) is 5.54 Å². The van der Waals surface area contributed by atoms with Crippen molar-refractivity contribution in [3.05, 3.63) is 0 Å². The van der Waals surface area contributed by atoms with E-state index in [1.54, 1.807) is 0 Å². The molecule has 0 fully saturated rings. The summed E-state index contributed by atoms with van der Waals surface area (Å²) in [6.07, 6.45) is 2.73. The molecule has 0 spiro atoms. The summed E-state index contributed by atoms with van der Waals surface area (Å²) in [4.78, 5) is 12.3. The molecule has 0 heterocycles. The van der Waals surface area contributed by atoms with Crippen molar-refractivity contribution in [3.63, 3.8) is 0 Å². The van der Waals surface area contributed by atoms with Gasteiger partial charge >= 0.3 is 0 Å². The van der Waals surface area contributed by atoms with E-state index in [0.717, 1.165) is 19.3 Å². The Bertz CT molecular complexity index is 121. The minimum Gasteiger partial charge on any atom is -0.303 e.